The van der Waals surface area contributed by atoms with Crippen molar-refractivity contribution < 1.29 is 0 Å². The van der Waals surface area contributed by atoms with Crippen molar-refractivity contribution in [3.05, 3.63) is 130 Å². The molecule has 0 N–H and O–H groups in total. The first-order valence-electron chi connectivity index (χ1n) is 14.9. The van der Waals surface area contributed by atoms with Gasteiger partial charge in [0.2, 0.25) is 0 Å². The first-order chi connectivity index (χ1) is 18.4. The lowest BCUT2D eigenvalue weighted by atomic mass is 9.72. The second kappa shape index (κ2) is 15.7. The van der Waals surface area contributed by atoms with Crippen molar-refractivity contribution in [3.8, 4) is 0 Å². The van der Waals surface area contributed by atoms with E-state index in [4.69, 9.17) is 0 Å². The molecule has 210 valence electrons. The maximum atomic E-state index is 2.37. The zero-order valence-corrected chi connectivity index (χ0v) is 26.4. The van der Waals surface area contributed by atoms with Crippen molar-refractivity contribution in [2.75, 3.05) is 0 Å². The van der Waals surface area contributed by atoms with Gasteiger partial charge in [-0.2, -0.15) is 0 Å². The summed E-state index contributed by atoms with van der Waals surface area (Å²) in [7, 11) is 0. The molecule has 0 unspecified atom stereocenters. The van der Waals surface area contributed by atoms with Crippen molar-refractivity contribution in [3.63, 3.8) is 0 Å². The molecule has 2 aliphatic carbocycles. The monoisotopic (exact) mass is 522 g/mol. The van der Waals surface area contributed by atoms with Crippen molar-refractivity contribution >= 4 is 0 Å². The lowest BCUT2D eigenvalue weighted by Crippen LogP contribution is -2.19. The minimum absolute atomic E-state index is 0.293. The molecule has 0 saturated carbocycles. The third-order valence-corrected chi connectivity index (χ3v) is 8.10. The maximum Gasteiger partial charge on any atom is -0.0104 e. The lowest BCUT2D eigenvalue weighted by molar-refractivity contribution is 0.376. The molecule has 0 amide bonds. The van der Waals surface area contributed by atoms with E-state index in [2.05, 4.69) is 153 Å². The Labute approximate surface area is 241 Å². The van der Waals surface area contributed by atoms with Crippen LogP contribution in [0.25, 0.3) is 0 Å². The predicted molar refractivity (Wildman–Crippen MR) is 177 cm³/mol. The first kappa shape index (κ1) is 32.4. The van der Waals surface area contributed by atoms with Gasteiger partial charge < -0.3 is 0 Å². The highest BCUT2D eigenvalue weighted by Crippen LogP contribution is 2.41. The van der Waals surface area contributed by atoms with Crippen molar-refractivity contribution in [2.45, 2.75) is 101 Å². The van der Waals surface area contributed by atoms with Gasteiger partial charge in [0.1, 0.15) is 0 Å². The topological polar surface area (TPSA) is 0 Å². The molecule has 0 nitrogen and oxygen atoms in total. The predicted octanol–water partition coefficient (Wildman–Crippen LogP) is 12.2. The number of rotatable bonds is 10. The Morgan fingerprint density at radius 1 is 0.513 bits per heavy atom. The summed E-state index contributed by atoms with van der Waals surface area (Å²) in [5.41, 5.74) is 10.5. The molecule has 0 atom stereocenters. The van der Waals surface area contributed by atoms with E-state index in [1.165, 1.54) is 66.4 Å². The lowest BCUT2D eigenvalue weighted by Gasteiger charge is -2.33. The highest BCUT2D eigenvalue weighted by atomic mass is 14.3. The average Bonchev–Trinajstić information content (AvgIpc) is 2.84. The van der Waals surface area contributed by atoms with E-state index >= 15 is 0 Å². The Balaban J connectivity index is 1.83. The van der Waals surface area contributed by atoms with Crippen molar-refractivity contribution in [2.24, 2.45) is 10.8 Å². The molecule has 0 heteroatoms. The summed E-state index contributed by atoms with van der Waals surface area (Å²) >= 11 is 0. The fraction of sp³-hybridized carbons (Fsp3) is 0.436. The molecule has 0 radical (unpaired) electrons. The van der Waals surface area contributed by atoms with Crippen LogP contribution in [0, 0.1) is 10.8 Å². The number of allylic oxidation sites excluding steroid dienone is 22. The van der Waals surface area contributed by atoms with Crippen LogP contribution in [0.5, 0.6) is 0 Å². The molecule has 0 spiro atoms. The quantitative estimate of drug-likeness (QED) is 0.250. The summed E-state index contributed by atoms with van der Waals surface area (Å²) in [6.07, 6.45) is 40.1. The second-order valence-electron chi connectivity index (χ2n) is 12.8. The van der Waals surface area contributed by atoms with Gasteiger partial charge in [0.05, 0.1) is 0 Å². The van der Waals surface area contributed by atoms with Crippen molar-refractivity contribution in [1.82, 2.24) is 0 Å². The summed E-state index contributed by atoms with van der Waals surface area (Å²) in [5, 5.41) is 0. The Morgan fingerprint density at radius 2 is 0.872 bits per heavy atom. The van der Waals surface area contributed by atoms with Crippen LogP contribution in [0.3, 0.4) is 0 Å². The van der Waals surface area contributed by atoms with Gasteiger partial charge in [-0.1, -0.05) is 147 Å². The van der Waals surface area contributed by atoms with Gasteiger partial charge in [0.25, 0.3) is 0 Å². The van der Waals surface area contributed by atoms with Gasteiger partial charge in [-0.05, 0) is 95.1 Å². The minimum atomic E-state index is 0.293. The molecule has 0 fully saturated rings. The van der Waals surface area contributed by atoms with Crippen LogP contribution in [0.15, 0.2) is 130 Å². The normalized spacial score (nSPS) is 21.9. The van der Waals surface area contributed by atoms with E-state index in [-0.39, 0.29) is 0 Å². The van der Waals surface area contributed by atoms with Crippen LogP contribution in [0.2, 0.25) is 0 Å². The molecule has 39 heavy (non-hydrogen) atoms. The minimum Gasteiger partial charge on any atom is -0.0696 e. The summed E-state index contributed by atoms with van der Waals surface area (Å²) in [6.45, 7) is 20.5. The van der Waals surface area contributed by atoms with E-state index in [0.29, 0.717) is 10.8 Å². The van der Waals surface area contributed by atoms with Gasteiger partial charge in [0.15, 0.2) is 0 Å². The van der Waals surface area contributed by atoms with E-state index in [9.17, 15) is 0 Å². The van der Waals surface area contributed by atoms with E-state index < -0.39 is 0 Å². The Bertz CT molecular complexity index is 1170. The van der Waals surface area contributed by atoms with Crippen LogP contribution < -0.4 is 0 Å². The SMILES string of the molecule is CC(C=CC=C(C)C=CC1=C(C)CCCC1(C)C)=CC=CC=CC=CC=C(C)C=CC1=C(C)CCCC1(C)C. The van der Waals surface area contributed by atoms with Crippen LogP contribution in [-0.2, 0) is 0 Å². The Hall–Kier alpha value is -2.86. The van der Waals surface area contributed by atoms with E-state index in [0.717, 1.165) is 0 Å². The molecular weight excluding hydrogens is 468 g/mol. The molecule has 0 aliphatic heterocycles. The molecule has 0 heterocycles. The molecular formula is C39H54. The highest BCUT2D eigenvalue weighted by Gasteiger charge is 2.27. The largest absolute Gasteiger partial charge is 0.0696 e. The fourth-order valence-electron chi connectivity index (χ4n) is 5.64. The standard InChI is InChI=1S/C39H54/c1-31(21-16-22-33(3)26-28-37-35(5)24-18-30-39(37,8)9)19-14-12-10-11-13-15-20-32(2)25-27-36-34(4)23-17-29-38(36,6)7/h10-16,19-22,25-28H,17-18,23-24,29-30H2,1-9H3. The van der Waals surface area contributed by atoms with E-state index in [1.807, 2.05) is 0 Å². The second-order valence-corrected chi connectivity index (χ2v) is 12.8. The maximum absolute atomic E-state index is 2.37. The van der Waals surface area contributed by atoms with Crippen LogP contribution in [-0.4, -0.2) is 0 Å². The first-order valence-corrected chi connectivity index (χ1v) is 14.9. The fourth-order valence-corrected chi connectivity index (χ4v) is 5.64. The summed E-state index contributed by atoms with van der Waals surface area (Å²) < 4.78 is 0. The molecule has 0 saturated heterocycles. The zero-order chi connectivity index (χ0) is 28.9. The van der Waals surface area contributed by atoms with E-state index in [1.54, 1.807) is 11.1 Å². The molecule has 0 bridgehead atoms. The van der Waals surface area contributed by atoms with Crippen molar-refractivity contribution in [1.29, 1.82) is 0 Å². The van der Waals surface area contributed by atoms with Gasteiger partial charge in [-0.25, -0.2) is 0 Å². The third kappa shape index (κ3) is 11.4. The average molecular weight is 523 g/mol. The summed E-state index contributed by atoms with van der Waals surface area (Å²) in [6, 6.07) is 0. The van der Waals surface area contributed by atoms with Gasteiger partial charge in [-0.15, -0.1) is 0 Å². The van der Waals surface area contributed by atoms with Crippen LogP contribution >= 0.6 is 0 Å². The Morgan fingerprint density at radius 3 is 1.28 bits per heavy atom. The van der Waals surface area contributed by atoms with Crippen LogP contribution in [0.1, 0.15) is 101 Å². The molecule has 0 aromatic carbocycles. The van der Waals surface area contributed by atoms with Gasteiger partial charge in [-0.3, -0.25) is 0 Å². The smallest absolute Gasteiger partial charge is 0.0104 e. The Kier molecular flexibility index (Phi) is 13.0. The molecule has 0 aromatic heterocycles. The summed E-state index contributed by atoms with van der Waals surface area (Å²) in [4.78, 5) is 0. The highest BCUT2D eigenvalue weighted by molar-refractivity contribution is 5.38. The number of hydrogen-bond donors (Lipinski definition) is 0. The summed E-state index contributed by atoms with van der Waals surface area (Å²) in [5.74, 6) is 0. The molecule has 2 rings (SSSR count). The van der Waals surface area contributed by atoms with Gasteiger partial charge >= 0.3 is 0 Å². The number of hydrogen-bond acceptors (Lipinski definition) is 0. The molecule has 2 aliphatic rings. The zero-order valence-electron chi connectivity index (χ0n) is 26.4. The molecule has 0 aromatic rings. The van der Waals surface area contributed by atoms with Gasteiger partial charge in [0, 0.05) is 0 Å². The van der Waals surface area contributed by atoms with Crippen LogP contribution in [0.4, 0.5) is 0 Å². The third-order valence-electron chi connectivity index (χ3n) is 8.10.